The first kappa shape index (κ1) is 13.7. The smallest absolute Gasteiger partial charge is 0.356 e. The summed E-state index contributed by atoms with van der Waals surface area (Å²) in [5.74, 6) is -2.06. The Kier molecular flexibility index (Phi) is 3.79. The number of nitrogens with two attached hydrogens (primary N) is 1. The van der Waals surface area contributed by atoms with Gasteiger partial charge in [-0.3, -0.25) is 0 Å². The molecule has 0 atom stereocenters. The molecule has 2 rings (SSSR count). The van der Waals surface area contributed by atoms with E-state index in [1.807, 2.05) is 0 Å². The Morgan fingerprint density at radius 2 is 2.05 bits per heavy atom. The number of rotatable bonds is 3. The molecule has 0 saturated heterocycles. The van der Waals surface area contributed by atoms with Gasteiger partial charge in [0.1, 0.15) is 11.6 Å². The Balaban J connectivity index is 2.35. The molecule has 0 fully saturated rings. The van der Waals surface area contributed by atoms with Crippen LogP contribution in [0.4, 0.5) is 26.0 Å². The van der Waals surface area contributed by atoms with E-state index in [1.165, 1.54) is 25.3 Å². The summed E-state index contributed by atoms with van der Waals surface area (Å²) in [5, 5.41) is 2.60. The van der Waals surface area contributed by atoms with Crippen molar-refractivity contribution in [1.82, 2.24) is 4.98 Å². The van der Waals surface area contributed by atoms with Crippen LogP contribution < -0.4 is 11.1 Å². The van der Waals surface area contributed by atoms with Crippen molar-refractivity contribution in [3.63, 3.8) is 0 Å². The molecular weight excluding hydrogens is 268 g/mol. The van der Waals surface area contributed by atoms with E-state index in [1.54, 1.807) is 0 Å². The first-order valence-corrected chi connectivity index (χ1v) is 5.58. The number of nitrogens with zero attached hydrogens (tertiary/aromatic N) is 1. The van der Waals surface area contributed by atoms with Crippen LogP contribution in [-0.4, -0.2) is 18.1 Å². The highest BCUT2D eigenvalue weighted by Gasteiger charge is 2.12. The fourth-order valence-electron chi connectivity index (χ4n) is 1.51. The molecule has 20 heavy (non-hydrogen) atoms. The molecule has 3 N–H and O–H groups in total. The molecule has 1 aromatic heterocycles. The molecule has 0 radical (unpaired) electrons. The van der Waals surface area contributed by atoms with Gasteiger partial charge in [0.05, 0.1) is 18.5 Å². The van der Waals surface area contributed by atoms with E-state index in [-0.39, 0.29) is 22.9 Å². The summed E-state index contributed by atoms with van der Waals surface area (Å²) in [6.07, 6.45) is 0. The predicted octanol–water partition coefficient (Wildman–Crippen LogP) is 2.47. The topological polar surface area (TPSA) is 77.2 Å². The van der Waals surface area contributed by atoms with E-state index in [9.17, 15) is 13.6 Å². The molecule has 5 nitrogen and oxygen atoms in total. The zero-order valence-corrected chi connectivity index (χ0v) is 10.5. The molecule has 7 heteroatoms. The van der Waals surface area contributed by atoms with Gasteiger partial charge in [-0.05, 0) is 24.3 Å². The molecular formula is C13H11F2N3O2. The zero-order valence-electron chi connectivity index (χ0n) is 10.5. The van der Waals surface area contributed by atoms with Crippen LogP contribution in [0.2, 0.25) is 0 Å². The number of halogens is 2. The number of nitrogen functional groups attached to an aromatic ring is 1. The molecule has 2 aromatic rings. The Morgan fingerprint density at radius 1 is 1.30 bits per heavy atom. The summed E-state index contributed by atoms with van der Waals surface area (Å²) in [5.41, 5.74) is 5.91. The molecule has 0 unspecified atom stereocenters. The number of nitrogens with one attached hydrogen (secondary N) is 1. The number of pyridine rings is 1. The Labute approximate surface area is 113 Å². The van der Waals surface area contributed by atoms with Crippen molar-refractivity contribution in [2.45, 2.75) is 0 Å². The maximum Gasteiger partial charge on any atom is 0.356 e. The van der Waals surface area contributed by atoms with E-state index >= 15 is 0 Å². The van der Waals surface area contributed by atoms with Gasteiger partial charge in [0, 0.05) is 6.07 Å². The second-order valence-electron chi connectivity index (χ2n) is 3.88. The highest BCUT2D eigenvalue weighted by atomic mass is 19.1. The van der Waals surface area contributed by atoms with Crippen LogP contribution in [-0.2, 0) is 4.74 Å². The van der Waals surface area contributed by atoms with Crippen LogP contribution in [0.3, 0.4) is 0 Å². The number of hydrogen-bond donors (Lipinski definition) is 2. The second-order valence-corrected chi connectivity index (χ2v) is 3.88. The summed E-state index contributed by atoms with van der Waals surface area (Å²) >= 11 is 0. The van der Waals surface area contributed by atoms with Crippen molar-refractivity contribution in [3.8, 4) is 0 Å². The summed E-state index contributed by atoms with van der Waals surface area (Å²) in [4.78, 5) is 15.3. The van der Waals surface area contributed by atoms with Gasteiger partial charge in [0.2, 0.25) is 0 Å². The number of benzene rings is 1. The Bertz CT molecular complexity index is 662. The second kappa shape index (κ2) is 5.52. The maximum atomic E-state index is 13.5. The largest absolute Gasteiger partial charge is 0.464 e. The molecule has 0 spiro atoms. The van der Waals surface area contributed by atoms with Gasteiger partial charge in [-0.2, -0.15) is 0 Å². The highest BCUT2D eigenvalue weighted by Crippen LogP contribution is 2.24. The number of aromatic nitrogens is 1. The van der Waals surface area contributed by atoms with Crippen LogP contribution in [0.5, 0.6) is 0 Å². The highest BCUT2D eigenvalue weighted by molar-refractivity contribution is 5.88. The minimum atomic E-state index is -0.797. The van der Waals surface area contributed by atoms with Crippen LogP contribution in [0.1, 0.15) is 10.5 Å². The van der Waals surface area contributed by atoms with Gasteiger partial charge in [0.25, 0.3) is 0 Å². The average Bonchev–Trinajstić information content (AvgIpc) is 2.43. The van der Waals surface area contributed by atoms with Gasteiger partial charge in [-0.1, -0.05) is 0 Å². The molecule has 0 amide bonds. The third kappa shape index (κ3) is 2.82. The van der Waals surface area contributed by atoms with Crippen molar-refractivity contribution in [3.05, 3.63) is 47.7 Å². The third-order valence-electron chi connectivity index (χ3n) is 2.51. The van der Waals surface area contributed by atoms with Crippen molar-refractivity contribution < 1.29 is 18.3 Å². The monoisotopic (exact) mass is 279 g/mol. The van der Waals surface area contributed by atoms with E-state index in [0.29, 0.717) is 0 Å². The standard InChI is InChI=1S/C13H11F2N3O2/c1-20-13(19)11-5-3-9(16)12(18-11)17-10-4-2-7(14)6-8(10)15/h2-6H,16H2,1H3,(H,17,18). The fourth-order valence-corrected chi connectivity index (χ4v) is 1.51. The molecule has 0 aliphatic carbocycles. The summed E-state index contributed by atoms with van der Waals surface area (Å²) in [6.45, 7) is 0. The predicted molar refractivity (Wildman–Crippen MR) is 69.6 cm³/mol. The van der Waals surface area contributed by atoms with Crippen molar-refractivity contribution >= 4 is 23.2 Å². The lowest BCUT2D eigenvalue weighted by Gasteiger charge is -2.10. The molecule has 0 bridgehead atoms. The zero-order chi connectivity index (χ0) is 14.7. The van der Waals surface area contributed by atoms with Gasteiger partial charge in [-0.25, -0.2) is 18.6 Å². The third-order valence-corrected chi connectivity index (χ3v) is 2.51. The molecule has 0 saturated carbocycles. The van der Waals surface area contributed by atoms with Gasteiger partial charge in [0.15, 0.2) is 11.5 Å². The van der Waals surface area contributed by atoms with E-state index in [2.05, 4.69) is 15.0 Å². The number of carbonyl (C=O) groups excluding carboxylic acids is 1. The lowest BCUT2D eigenvalue weighted by atomic mass is 10.2. The number of methoxy groups -OCH3 is 1. The Hall–Kier alpha value is -2.70. The van der Waals surface area contributed by atoms with Gasteiger partial charge in [-0.15, -0.1) is 0 Å². The number of ether oxygens (including phenoxy) is 1. The average molecular weight is 279 g/mol. The SMILES string of the molecule is COC(=O)c1ccc(N)c(Nc2ccc(F)cc2F)n1. The van der Waals surface area contributed by atoms with Crippen LogP contribution in [0.25, 0.3) is 0 Å². The molecule has 0 aliphatic rings. The lowest BCUT2D eigenvalue weighted by Crippen LogP contribution is -2.08. The summed E-state index contributed by atoms with van der Waals surface area (Å²) in [6, 6.07) is 5.83. The van der Waals surface area contributed by atoms with Crippen molar-refractivity contribution in [2.24, 2.45) is 0 Å². The van der Waals surface area contributed by atoms with E-state index in [4.69, 9.17) is 5.73 Å². The minimum Gasteiger partial charge on any atom is -0.464 e. The van der Waals surface area contributed by atoms with Crippen LogP contribution >= 0.6 is 0 Å². The number of carbonyl (C=O) groups is 1. The number of esters is 1. The maximum absolute atomic E-state index is 13.5. The first-order chi connectivity index (χ1) is 9.51. The van der Waals surface area contributed by atoms with E-state index in [0.717, 1.165) is 12.1 Å². The van der Waals surface area contributed by atoms with Crippen molar-refractivity contribution in [1.29, 1.82) is 0 Å². The van der Waals surface area contributed by atoms with Gasteiger partial charge >= 0.3 is 5.97 Å². The van der Waals surface area contributed by atoms with Crippen LogP contribution in [0, 0.1) is 11.6 Å². The number of hydrogen-bond acceptors (Lipinski definition) is 5. The minimum absolute atomic E-state index is 0.00684. The van der Waals surface area contributed by atoms with Crippen molar-refractivity contribution in [2.75, 3.05) is 18.2 Å². The van der Waals surface area contributed by atoms with Crippen LogP contribution in [0.15, 0.2) is 30.3 Å². The fraction of sp³-hybridized carbons (Fsp3) is 0.0769. The normalized spacial score (nSPS) is 10.2. The summed E-state index contributed by atoms with van der Waals surface area (Å²) in [7, 11) is 1.22. The lowest BCUT2D eigenvalue weighted by molar-refractivity contribution is 0.0594. The first-order valence-electron chi connectivity index (χ1n) is 5.58. The quantitative estimate of drug-likeness (QED) is 0.844. The number of anilines is 3. The Morgan fingerprint density at radius 3 is 2.70 bits per heavy atom. The van der Waals surface area contributed by atoms with E-state index < -0.39 is 17.6 Å². The van der Waals surface area contributed by atoms with Gasteiger partial charge < -0.3 is 15.8 Å². The molecule has 0 aliphatic heterocycles. The molecule has 1 aromatic carbocycles. The molecule has 1 heterocycles. The molecule has 104 valence electrons. The summed E-state index contributed by atoms with van der Waals surface area (Å²) < 4.78 is 30.9.